The number of aryl methyl sites for hydroxylation is 2. The maximum atomic E-state index is 12.4. The molecule has 106 valence electrons. The maximum Gasteiger partial charge on any atom is 0.334 e. The SMILES string of the molecule is CCc1cccc(CC)c1-n1c(=O)[nH]c(Cl)c(C)c1=O. The van der Waals surface area contributed by atoms with Crippen LogP contribution in [0.15, 0.2) is 27.8 Å². The number of para-hydroxylation sites is 1. The number of H-pyrrole nitrogens is 1. The molecule has 4 nitrogen and oxygen atoms in total. The van der Waals surface area contributed by atoms with Crippen LogP contribution < -0.4 is 11.2 Å². The fourth-order valence-corrected chi connectivity index (χ4v) is 2.46. The zero-order chi connectivity index (χ0) is 14.9. The van der Waals surface area contributed by atoms with Gasteiger partial charge in [-0.1, -0.05) is 43.6 Å². The monoisotopic (exact) mass is 292 g/mol. The van der Waals surface area contributed by atoms with Crippen LogP contribution in [0.1, 0.15) is 30.5 Å². The molecule has 0 amide bonds. The molecule has 0 saturated heterocycles. The van der Waals surface area contributed by atoms with Crippen LogP contribution in [-0.2, 0) is 12.8 Å². The highest BCUT2D eigenvalue weighted by Gasteiger charge is 2.15. The standard InChI is InChI=1S/C15H17ClN2O2/c1-4-10-7-6-8-11(5-2)12(10)18-14(19)9(3)13(16)17-15(18)20/h6-8H,4-5H2,1-3H3,(H,17,20). The van der Waals surface area contributed by atoms with Gasteiger partial charge in [-0.25, -0.2) is 9.36 Å². The summed E-state index contributed by atoms with van der Waals surface area (Å²) in [5.41, 5.74) is 2.11. The summed E-state index contributed by atoms with van der Waals surface area (Å²) in [6.07, 6.45) is 1.49. The first kappa shape index (κ1) is 14.6. The summed E-state index contributed by atoms with van der Waals surface area (Å²) in [4.78, 5) is 27.1. The van der Waals surface area contributed by atoms with Gasteiger partial charge in [-0.15, -0.1) is 0 Å². The third-order valence-corrected chi connectivity index (χ3v) is 3.84. The van der Waals surface area contributed by atoms with Crippen molar-refractivity contribution in [2.75, 3.05) is 0 Å². The molecule has 0 aliphatic carbocycles. The van der Waals surface area contributed by atoms with Crippen molar-refractivity contribution >= 4 is 11.6 Å². The lowest BCUT2D eigenvalue weighted by molar-refractivity contribution is 0.833. The first-order valence-electron chi connectivity index (χ1n) is 6.63. The minimum absolute atomic E-state index is 0.100. The van der Waals surface area contributed by atoms with Gasteiger partial charge in [0.25, 0.3) is 5.56 Å². The van der Waals surface area contributed by atoms with Crippen molar-refractivity contribution in [2.24, 2.45) is 0 Å². The zero-order valence-electron chi connectivity index (χ0n) is 11.8. The normalized spacial score (nSPS) is 10.8. The Balaban J connectivity index is 2.92. The van der Waals surface area contributed by atoms with Gasteiger partial charge in [0.2, 0.25) is 0 Å². The van der Waals surface area contributed by atoms with Crippen LogP contribution in [0, 0.1) is 6.92 Å². The Morgan fingerprint density at radius 1 is 1.15 bits per heavy atom. The number of benzene rings is 1. The number of nitrogens with zero attached hydrogens (tertiary/aromatic N) is 1. The lowest BCUT2D eigenvalue weighted by Gasteiger charge is -2.15. The molecular weight excluding hydrogens is 276 g/mol. The van der Waals surface area contributed by atoms with E-state index in [0.29, 0.717) is 11.3 Å². The highest BCUT2D eigenvalue weighted by molar-refractivity contribution is 6.30. The van der Waals surface area contributed by atoms with E-state index in [1.165, 1.54) is 4.57 Å². The molecule has 0 fully saturated rings. The molecule has 0 spiro atoms. The quantitative estimate of drug-likeness (QED) is 0.884. The Hall–Kier alpha value is -1.81. The van der Waals surface area contributed by atoms with E-state index in [0.717, 1.165) is 24.0 Å². The van der Waals surface area contributed by atoms with Gasteiger partial charge in [0.15, 0.2) is 0 Å². The van der Waals surface area contributed by atoms with Crippen molar-refractivity contribution in [2.45, 2.75) is 33.6 Å². The van der Waals surface area contributed by atoms with Crippen LogP contribution in [-0.4, -0.2) is 9.55 Å². The molecule has 1 N–H and O–H groups in total. The summed E-state index contributed by atoms with van der Waals surface area (Å²) in [5, 5.41) is 0.100. The average Bonchev–Trinajstić information content (AvgIpc) is 2.45. The highest BCUT2D eigenvalue weighted by atomic mass is 35.5. The fourth-order valence-electron chi connectivity index (χ4n) is 2.30. The van der Waals surface area contributed by atoms with Gasteiger partial charge in [0.05, 0.1) is 11.3 Å². The topological polar surface area (TPSA) is 54.9 Å². The van der Waals surface area contributed by atoms with Crippen LogP contribution in [0.2, 0.25) is 5.15 Å². The maximum absolute atomic E-state index is 12.4. The van der Waals surface area contributed by atoms with Crippen molar-refractivity contribution in [1.82, 2.24) is 9.55 Å². The number of hydrogen-bond acceptors (Lipinski definition) is 2. The Morgan fingerprint density at radius 2 is 1.70 bits per heavy atom. The molecule has 1 aromatic heterocycles. The second-order valence-corrected chi connectivity index (χ2v) is 5.02. The van der Waals surface area contributed by atoms with Crippen molar-refractivity contribution in [1.29, 1.82) is 0 Å². The number of rotatable bonds is 3. The highest BCUT2D eigenvalue weighted by Crippen LogP contribution is 2.19. The Morgan fingerprint density at radius 3 is 2.20 bits per heavy atom. The predicted octanol–water partition coefficient (Wildman–Crippen LogP) is 2.61. The summed E-state index contributed by atoms with van der Waals surface area (Å²) >= 11 is 5.86. The molecule has 0 aliphatic rings. The van der Waals surface area contributed by atoms with Crippen molar-refractivity contribution in [3.63, 3.8) is 0 Å². The van der Waals surface area contributed by atoms with Gasteiger partial charge in [-0.05, 0) is 30.9 Å². The summed E-state index contributed by atoms with van der Waals surface area (Å²) in [6, 6.07) is 5.82. The molecule has 0 bridgehead atoms. The summed E-state index contributed by atoms with van der Waals surface area (Å²) in [7, 11) is 0. The number of aromatic nitrogens is 2. The molecule has 0 aliphatic heterocycles. The van der Waals surface area contributed by atoms with Crippen LogP contribution in [0.5, 0.6) is 0 Å². The molecular formula is C15H17ClN2O2. The fraction of sp³-hybridized carbons (Fsp3) is 0.333. The van der Waals surface area contributed by atoms with E-state index in [4.69, 9.17) is 11.6 Å². The number of hydrogen-bond donors (Lipinski definition) is 1. The largest absolute Gasteiger partial charge is 0.334 e. The molecule has 0 unspecified atom stereocenters. The van der Waals surface area contributed by atoms with E-state index in [1.54, 1.807) is 6.92 Å². The van der Waals surface area contributed by atoms with Crippen LogP contribution in [0.25, 0.3) is 5.69 Å². The molecule has 1 aromatic carbocycles. The minimum Gasteiger partial charge on any atom is -0.297 e. The van der Waals surface area contributed by atoms with E-state index in [-0.39, 0.29) is 10.7 Å². The molecule has 2 aromatic rings. The van der Waals surface area contributed by atoms with Gasteiger partial charge in [0, 0.05) is 0 Å². The molecule has 5 heteroatoms. The molecule has 20 heavy (non-hydrogen) atoms. The van der Waals surface area contributed by atoms with E-state index in [9.17, 15) is 9.59 Å². The van der Waals surface area contributed by atoms with Gasteiger partial charge < -0.3 is 0 Å². The number of aromatic amines is 1. The molecule has 0 saturated carbocycles. The lowest BCUT2D eigenvalue weighted by atomic mass is 10.0. The van der Waals surface area contributed by atoms with Crippen molar-refractivity contribution < 1.29 is 0 Å². The Bertz CT molecular complexity index is 737. The average molecular weight is 293 g/mol. The predicted molar refractivity (Wildman–Crippen MR) is 81.2 cm³/mol. The van der Waals surface area contributed by atoms with Gasteiger partial charge >= 0.3 is 5.69 Å². The first-order valence-corrected chi connectivity index (χ1v) is 7.01. The smallest absolute Gasteiger partial charge is 0.297 e. The van der Waals surface area contributed by atoms with Gasteiger partial charge in [-0.3, -0.25) is 9.78 Å². The zero-order valence-corrected chi connectivity index (χ0v) is 12.5. The molecule has 1 heterocycles. The molecule has 0 atom stereocenters. The van der Waals surface area contributed by atoms with Gasteiger partial charge in [0.1, 0.15) is 5.15 Å². The van der Waals surface area contributed by atoms with E-state index < -0.39 is 5.69 Å². The van der Waals surface area contributed by atoms with Crippen molar-refractivity contribution in [3.05, 3.63) is 60.9 Å². The number of halogens is 1. The lowest BCUT2D eigenvalue weighted by Crippen LogP contribution is -2.36. The molecule has 0 radical (unpaired) electrons. The summed E-state index contributed by atoms with van der Waals surface area (Å²) in [5.74, 6) is 0. The van der Waals surface area contributed by atoms with Crippen LogP contribution >= 0.6 is 11.6 Å². The second kappa shape index (κ2) is 5.67. The van der Waals surface area contributed by atoms with E-state index in [2.05, 4.69) is 4.98 Å². The third kappa shape index (κ3) is 2.31. The summed E-state index contributed by atoms with van der Waals surface area (Å²) < 4.78 is 1.19. The third-order valence-electron chi connectivity index (χ3n) is 3.46. The Labute approximate surface area is 122 Å². The second-order valence-electron chi connectivity index (χ2n) is 4.64. The van der Waals surface area contributed by atoms with Crippen LogP contribution in [0.3, 0.4) is 0 Å². The van der Waals surface area contributed by atoms with E-state index in [1.807, 2.05) is 32.0 Å². The van der Waals surface area contributed by atoms with Gasteiger partial charge in [-0.2, -0.15) is 0 Å². The van der Waals surface area contributed by atoms with E-state index >= 15 is 0 Å². The van der Waals surface area contributed by atoms with Crippen LogP contribution in [0.4, 0.5) is 0 Å². The Kier molecular flexibility index (Phi) is 4.14. The number of nitrogens with one attached hydrogen (secondary N) is 1. The molecule has 2 rings (SSSR count). The first-order chi connectivity index (χ1) is 9.51. The minimum atomic E-state index is -0.499. The summed E-state index contributed by atoms with van der Waals surface area (Å²) in [6.45, 7) is 5.61. The van der Waals surface area contributed by atoms with Crippen molar-refractivity contribution in [3.8, 4) is 5.69 Å².